The van der Waals surface area contributed by atoms with E-state index in [-0.39, 0.29) is 5.57 Å². The van der Waals surface area contributed by atoms with Crippen LogP contribution in [0.2, 0.25) is 0 Å². The Labute approximate surface area is 77.0 Å². The van der Waals surface area contributed by atoms with Gasteiger partial charge in [0.2, 0.25) is 0 Å². The smallest absolute Gasteiger partial charge is 0.106 e. The first-order chi connectivity index (χ1) is 6.29. The van der Waals surface area contributed by atoms with Crippen molar-refractivity contribution < 1.29 is 0 Å². The lowest BCUT2D eigenvalue weighted by Gasteiger charge is -2.02. The molecule has 0 fully saturated rings. The number of hydrogen-bond acceptors (Lipinski definition) is 1. The summed E-state index contributed by atoms with van der Waals surface area (Å²) in [7, 11) is 0. The van der Waals surface area contributed by atoms with Gasteiger partial charge in [0.1, 0.15) is 6.07 Å². The second kappa shape index (κ2) is 4.06. The van der Waals surface area contributed by atoms with Gasteiger partial charge in [0.05, 0.1) is 5.57 Å². The highest BCUT2D eigenvalue weighted by Crippen LogP contribution is 2.17. The summed E-state index contributed by atoms with van der Waals surface area (Å²) in [6.07, 6.45) is 0. The molecule has 0 bridgehead atoms. The van der Waals surface area contributed by atoms with Crippen molar-refractivity contribution in [3.63, 3.8) is 0 Å². The maximum Gasteiger partial charge on any atom is 0.106 e. The lowest BCUT2D eigenvalue weighted by atomic mass is 10.0. The zero-order valence-corrected chi connectivity index (χ0v) is 6.99. The number of rotatable bonds is 2. The van der Waals surface area contributed by atoms with E-state index < -0.39 is 0 Å². The molecule has 0 aliphatic heterocycles. The molecule has 1 rings (SSSR count). The normalized spacial score (nSPS) is 8.23. The van der Waals surface area contributed by atoms with Crippen molar-refractivity contribution in [2.75, 3.05) is 0 Å². The van der Waals surface area contributed by atoms with Crippen LogP contribution in [0.4, 0.5) is 0 Å². The van der Waals surface area contributed by atoms with Crippen molar-refractivity contribution in [3.8, 4) is 6.07 Å². The molecule has 0 aliphatic carbocycles. The molecule has 1 aromatic rings. The van der Waals surface area contributed by atoms with Crippen LogP contribution in [0, 0.1) is 11.3 Å². The molecule has 13 heavy (non-hydrogen) atoms. The minimum atomic E-state index is 0.0613. The van der Waals surface area contributed by atoms with Crippen molar-refractivity contribution in [3.05, 3.63) is 53.5 Å². The fourth-order valence-corrected chi connectivity index (χ4v) is 0.944. The minimum absolute atomic E-state index is 0.0613. The second-order valence-corrected chi connectivity index (χ2v) is 2.44. The highest BCUT2D eigenvalue weighted by Gasteiger charge is 2.00. The predicted octanol–water partition coefficient (Wildman–Crippen LogP) is 2.39. The standard InChI is InChI=1S/C11H7N2/c1-9(11(7-12)8-13)10-5-3-2-4-6-10/h2-6H,1H2/q-1. The Morgan fingerprint density at radius 1 is 1.31 bits per heavy atom. The quantitative estimate of drug-likeness (QED) is 0.379. The summed E-state index contributed by atoms with van der Waals surface area (Å²) in [6.45, 7) is 3.68. The van der Waals surface area contributed by atoms with E-state index in [0.717, 1.165) is 5.56 Å². The van der Waals surface area contributed by atoms with Crippen LogP contribution in [0.15, 0.2) is 42.5 Å². The summed E-state index contributed by atoms with van der Waals surface area (Å²) in [6, 6.07) is 11.0. The van der Waals surface area contributed by atoms with E-state index in [1.54, 1.807) is 11.9 Å². The van der Waals surface area contributed by atoms with Crippen molar-refractivity contribution in [2.45, 2.75) is 0 Å². The molecule has 0 spiro atoms. The Hall–Kier alpha value is -2.10. The SMILES string of the molecule is C=C(C(=C=[N-])C#N)c1ccccc1. The third-order valence-corrected chi connectivity index (χ3v) is 1.65. The summed E-state index contributed by atoms with van der Waals surface area (Å²) >= 11 is 0. The number of hydrogen-bond donors (Lipinski definition) is 0. The Balaban J connectivity index is 3.08. The van der Waals surface area contributed by atoms with E-state index in [4.69, 9.17) is 10.7 Å². The van der Waals surface area contributed by atoms with Gasteiger partial charge in [-0.15, -0.1) is 0 Å². The van der Waals surface area contributed by atoms with Crippen LogP contribution in [0.5, 0.6) is 0 Å². The summed E-state index contributed by atoms with van der Waals surface area (Å²) in [5.74, 6) is 1.81. The van der Waals surface area contributed by atoms with E-state index >= 15 is 0 Å². The monoisotopic (exact) mass is 167 g/mol. The fraction of sp³-hybridized carbons (Fsp3) is 0. The Morgan fingerprint density at radius 3 is 2.38 bits per heavy atom. The molecule has 0 unspecified atom stereocenters. The average Bonchev–Trinajstić information content (AvgIpc) is 2.21. The number of allylic oxidation sites excluding steroid dienone is 2. The Kier molecular flexibility index (Phi) is 2.81. The van der Waals surface area contributed by atoms with Crippen molar-refractivity contribution in [2.24, 2.45) is 0 Å². The van der Waals surface area contributed by atoms with Crippen LogP contribution in [0.25, 0.3) is 11.0 Å². The molecule has 0 radical (unpaired) electrons. The average molecular weight is 167 g/mol. The Bertz CT molecular complexity index is 403. The number of nitrogens with zero attached hydrogens (tertiary/aromatic N) is 2. The largest absolute Gasteiger partial charge is 0.762 e. The maximum atomic E-state index is 8.59. The molecule has 0 saturated carbocycles. The summed E-state index contributed by atoms with van der Waals surface area (Å²) in [5.41, 5.74) is 1.34. The van der Waals surface area contributed by atoms with Gasteiger partial charge < -0.3 is 5.41 Å². The minimum Gasteiger partial charge on any atom is -0.762 e. The molecular weight excluding hydrogens is 160 g/mol. The van der Waals surface area contributed by atoms with Crippen LogP contribution in [0.1, 0.15) is 5.56 Å². The van der Waals surface area contributed by atoms with Crippen LogP contribution < -0.4 is 0 Å². The van der Waals surface area contributed by atoms with Crippen LogP contribution in [0.3, 0.4) is 0 Å². The van der Waals surface area contributed by atoms with Crippen molar-refractivity contribution >= 4 is 11.4 Å². The van der Waals surface area contributed by atoms with Crippen molar-refractivity contribution in [1.82, 2.24) is 0 Å². The van der Waals surface area contributed by atoms with Gasteiger partial charge in [0.25, 0.3) is 0 Å². The molecule has 2 nitrogen and oxygen atoms in total. The summed E-state index contributed by atoms with van der Waals surface area (Å²) in [5, 5.41) is 17.2. The molecule has 0 heterocycles. The maximum absolute atomic E-state index is 8.59. The molecule has 0 N–H and O–H groups in total. The lowest BCUT2D eigenvalue weighted by molar-refractivity contribution is 1.51. The molecule has 0 atom stereocenters. The topological polar surface area (TPSA) is 46.1 Å². The number of benzene rings is 1. The van der Waals surface area contributed by atoms with Crippen LogP contribution in [-0.2, 0) is 0 Å². The molecule has 2 heteroatoms. The summed E-state index contributed by atoms with van der Waals surface area (Å²) < 4.78 is 0. The predicted molar refractivity (Wildman–Crippen MR) is 53.0 cm³/mol. The van der Waals surface area contributed by atoms with Crippen molar-refractivity contribution in [1.29, 1.82) is 5.26 Å². The van der Waals surface area contributed by atoms with Gasteiger partial charge in [-0.3, -0.25) is 0 Å². The highest BCUT2D eigenvalue weighted by atomic mass is 14.3. The van der Waals surface area contributed by atoms with Gasteiger partial charge in [0, 0.05) is 0 Å². The third-order valence-electron chi connectivity index (χ3n) is 1.65. The van der Waals surface area contributed by atoms with Gasteiger partial charge in [-0.2, -0.15) is 5.26 Å². The molecule has 0 amide bonds. The van der Waals surface area contributed by atoms with E-state index in [0.29, 0.717) is 5.57 Å². The van der Waals surface area contributed by atoms with E-state index in [9.17, 15) is 0 Å². The first-order valence-corrected chi connectivity index (χ1v) is 3.71. The van der Waals surface area contributed by atoms with Gasteiger partial charge in [0.15, 0.2) is 0 Å². The zero-order valence-electron chi connectivity index (χ0n) is 6.99. The van der Waals surface area contributed by atoms with Gasteiger partial charge in [-0.1, -0.05) is 36.9 Å². The molecule has 0 aliphatic rings. The molecule has 1 aromatic carbocycles. The number of nitriles is 1. The van der Waals surface area contributed by atoms with Crippen LogP contribution >= 0.6 is 0 Å². The van der Waals surface area contributed by atoms with Gasteiger partial charge >= 0.3 is 0 Å². The third kappa shape index (κ3) is 1.93. The fourth-order valence-electron chi connectivity index (χ4n) is 0.944. The Morgan fingerprint density at radius 2 is 1.92 bits per heavy atom. The second-order valence-electron chi connectivity index (χ2n) is 2.44. The van der Waals surface area contributed by atoms with Crippen LogP contribution in [-0.4, -0.2) is 5.87 Å². The molecule has 0 aromatic heterocycles. The molecular formula is C11H7N2-. The molecule has 0 saturated heterocycles. The van der Waals surface area contributed by atoms with E-state index in [1.807, 2.05) is 30.3 Å². The summed E-state index contributed by atoms with van der Waals surface area (Å²) in [4.78, 5) is 0. The first-order valence-electron chi connectivity index (χ1n) is 3.71. The first kappa shape index (κ1) is 8.99. The zero-order chi connectivity index (χ0) is 9.68. The molecule has 62 valence electrons. The van der Waals surface area contributed by atoms with E-state index in [1.165, 1.54) is 0 Å². The highest BCUT2D eigenvalue weighted by molar-refractivity contribution is 5.92. The van der Waals surface area contributed by atoms with Gasteiger partial charge in [-0.25, -0.2) is 5.87 Å². The van der Waals surface area contributed by atoms with E-state index in [2.05, 4.69) is 6.58 Å². The lowest BCUT2D eigenvalue weighted by Crippen LogP contribution is -1.85. The van der Waals surface area contributed by atoms with Gasteiger partial charge in [-0.05, 0) is 11.1 Å².